The summed E-state index contributed by atoms with van der Waals surface area (Å²) < 4.78 is 63.5. The first kappa shape index (κ1) is 22.9. The van der Waals surface area contributed by atoms with Crippen molar-refractivity contribution in [3.63, 3.8) is 0 Å². The predicted molar refractivity (Wildman–Crippen MR) is 116 cm³/mol. The number of halogens is 5. The van der Waals surface area contributed by atoms with Crippen LogP contribution in [0.25, 0.3) is 28.3 Å². The van der Waals surface area contributed by atoms with E-state index >= 15 is 0 Å². The summed E-state index contributed by atoms with van der Waals surface area (Å²) in [7, 11) is 0. The van der Waals surface area contributed by atoms with E-state index in [0.717, 1.165) is 41.1 Å². The maximum atomic E-state index is 14.5. The molecule has 170 valence electrons. The summed E-state index contributed by atoms with van der Waals surface area (Å²) >= 11 is 2.98. The highest BCUT2D eigenvalue weighted by Crippen LogP contribution is 2.37. The lowest BCUT2D eigenvalue weighted by Crippen LogP contribution is -2.19. The van der Waals surface area contributed by atoms with E-state index in [1.54, 1.807) is 0 Å². The zero-order chi connectivity index (χ0) is 24.1. The molecule has 4 rings (SSSR count). The number of aromatic nitrogens is 2. The molecule has 0 fully saturated rings. The Morgan fingerprint density at radius 2 is 1.67 bits per heavy atom. The van der Waals surface area contributed by atoms with Crippen molar-refractivity contribution in [2.24, 2.45) is 0 Å². The van der Waals surface area contributed by atoms with Crippen LogP contribution in [0.5, 0.6) is 0 Å². The van der Waals surface area contributed by atoms with Gasteiger partial charge in [-0.25, -0.2) is 22.5 Å². The molecule has 33 heavy (non-hydrogen) atoms. The average molecular weight is 523 g/mol. The number of oxazole rings is 1. The molecule has 2 aromatic carbocycles. The van der Waals surface area contributed by atoms with Gasteiger partial charge in [-0.15, -0.1) is 0 Å². The van der Waals surface area contributed by atoms with E-state index in [1.165, 1.54) is 19.9 Å². The first-order chi connectivity index (χ1) is 15.5. The van der Waals surface area contributed by atoms with E-state index in [4.69, 9.17) is 4.42 Å². The summed E-state index contributed by atoms with van der Waals surface area (Å²) in [6.07, 6.45) is 1.12. The van der Waals surface area contributed by atoms with E-state index in [9.17, 15) is 27.5 Å². The fourth-order valence-corrected chi connectivity index (χ4v) is 3.60. The Labute approximate surface area is 193 Å². The van der Waals surface area contributed by atoms with Gasteiger partial charge in [-0.2, -0.15) is 0 Å². The summed E-state index contributed by atoms with van der Waals surface area (Å²) in [6, 6.07) is 7.16. The quantitative estimate of drug-likeness (QED) is 0.349. The minimum Gasteiger partial charge on any atom is -0.437 e. The predicted octanol–water partition coefficient (Wildman–Crippen LogP) is 5.71. The van der Waals surface area contributed by atoms with Gasteiger partial charge in [-0.05, 0) is 44.2 Å². The van der Waals surface area contributed by atoms with Gasteiger partial charge in [0.2, 0.25) is 5.89 Å². The molecule has 0 bridgehead atoms. The molecule has 4 aromatic rings. The second-order valence-electron chi connectivity index (χ2n) is 7.72. The van der Waals surface area contributed by atoms with Crippen LogP contribution in [0.1, 0.15) is 19.7 Å². The van der Waals surface area contributed by atoms with Crippen LogP contribution in [0.15, 0.2) is 62.3 Å². The molecule has 2 heterocycles. The van der Waals surface area contributed by atoms with Gasteiger partial charge in [0.15, 0.2) is 17.4 Å². The van der Waals surface area contributed by atoms with Crippen LogP contribution < -0.4 is 5.56 Å². The molecule has 10 heteroatoms. The zero-order valence-electron chi connectivity index (χ0n) is 17.2. The number of hydrogen-bond acceptors (Lipinski definition) is 4. The van der Waals surface area contributed by atoms with Crippen molar-refractivity contribution >= 4 is 15.9 Å². The van der Waals surface area contributed by atoms with Gasteiger partial charge in [0.25, 0.3) is 5.56 Å². The van der Waals surface area contributed by atoms with Crippen LogP contribution >= 0.6 is 15.9 Å². The highest BCUT2D eigenvalue weighted by molar-refractivity contribution is 9.10. The monoisotopic (exact) mass is 522 g/mol. The van der Waals surface area contributed by atoms with Crippen molar-refractivity contribution < 1.29 is 27.1 Å². The summed E-state index contributed by atoms with van der Waals surface area (Å²) in [5.74, 6) is -4.10. The highest BCUT2D eigenvalue weighted by Gasteiger charge is 2.28. The minimum absolute atomic E-state index is 0.0238. The van der Waals surface area contributed by atoms with Crippen LogP contribution in [-0.4, -0.2) is 14.7 Å². The van der Waals surface area contributed by atoms with Gasteiger partial charge < -0.3 is 9.52 Å². The van der Waals surface area contributed by atoms with Crippen molar-refractivity contribution in [2.45, 2.75) is 19.4 Å². The third kappa shape index (κ3) is 4.36. The van der Waals surface area contributed by atoms with E-state index in [2.05, 4.69) is 20.9 Å². The molecule has 1 N–H and O–H groups in total. The van der Waals surface area contributed by atoms with Crippen molar-refractivity contribution in [1.82, 2.24) is 9.55 Å². The second-order valence-corrected chi connectivity index (χ2v) is 8.64. The van der Waals surface area contributed by atoms with Gasteiger partial charge in [0.05, 0.1) is 5.56 Å². The van der Waals surface area contributed by atoms with Crippen molar-refractivity contribution in [1.29, 1.82) is 0 Å². The average Bonchev–Trinajstić information content (AvgIpc) is 3.14. The number of benzene rings is 2. The topological polar surface area (TPSA) is 68.3 Å². The van der Waals surface area contributed by atoms with Crippen LogP contribution in [0.3, 0.4) is 0 Å². The van der Waals surface area contributed by atoms with Gasteiger partial charge in [-0.1, -0.05) is 15.9 Å². The highest BCUT2D eigenvalue weighted by atomic mass is 79.9. The van der Waals surface area contributed by atoms with Crippen LogP contribution in [0.2, 0.25) is 0 Å². The van der Waals surface area contributed by atoms with Gasteiger partial charge >= 0.3 is 0 Å². The van der Waals surface area contributed by atoms with Crippen LogP contribution in [-0.2, 0) is 5.60 Å². The minimum atomic E-state index is -1.57. The largest absolute Gasteiger partial charge is 0.437 e. The summed E-state index contributed by atoms with van der Waals surface area (Å²) in [6.45, 7) is 2.78. The van der Waals surface area contributed by atoms with E-state index < -0.39 is 40.1 Å². The van der Waals surface area contributed by atoms with Crippen LogP contribution in [0, 0.1) is 23.3 Å². The lowest BCUT2D eigenvalue weighted by Gasteiger charge is -2.11. The SMILES string of the molecule is CC(C)(O)c1nc(-c2ccc(=O)n(-c3c(F)cc(Br)cc3F)c2)c(-c2ccc(F)cc2F)o1. The number of rotatable bonds is 4. The first-order valence-corrected chi connectivity index (χ1v) is 10.3. The Morgan fingerprint density at radius 1 is 1.00 bits per heavy atom. The molecule has 0 atom stereocenters. The molecule has 0 saturated heterocycles. The molecule has 0 spiro atoms. The zero-order valence-corrected chi connectivity index (χ0v) is 18.8. The second kappa shape index (κ2) is 8.27. The number of aliphatic hydroxyl groups is 1. The number of hydrogen-bond donors (Lipinski definition) is 1. The fourth-order valence-electron chi connectivity index (χ4n) is 3.20. The Hall–Kier alpha value is -3.24. The van der Waals surface area contributed by atoms with E-state index in [0.29, 0.717) is 6.07 Å². The third-order valence-electron chi connectivity index (χ3n) is 4.73. The Morgan fingerprint density at radius 3 is 2.27 bits per heavy atom. The molecule has 0 unspecified atom stereocenters. The lowest BCUT2D eigenvalue weighted by atomic mass is 10.1. The molecular weight excluding hydrogens is 508 g/mol. The number of pyridine rings is 1. The summed E-state index contributed by atoms with van der Waals surface area (Å²) in [4.78, 5) is 16.7. The molecule has 0 aliphatic carbocycles. The summed E-state index contributed by atoms with van der Waals surface area (Å²) in [5, 5.41) is 10.3. The number of nitrogens with zero attached hydrogens (tertiary/aromatic N) is 2. The van der Waals surface area contributed by atoms with Gasteiger partial charge in [-0.3, -0.25) is 9.36 Å². The van der Waals surface area contributed by atoms with Crippen molar-refractivity contribution in [2.75, 3.05) is 0 Å². The molecule has 2 aromatic heterocycles. The Balaban J connectivity index is 1.98. The Bertz CT molecular complexity index is 1420. The molecule has 5 nitrogen and oxygen atoms in total. The van der Waals surface area contributed by atoms with Crippen molar-refractivity contribution in [3.8, 4) is 28.3 Å². The maximum Gasteiger partial charge on any atom is 0.255 e. The molecule has 0 radical (unpaired) electrons. The summed E-state index contributed by atoms with van der Waals surface area (Å²) in [5.41, 5.74) is -2.97. The standard InChI is InChI=1S/C23H15BrF4N2O3/c1-23(2,32)22-29-19(21(33-22)14-5-4-13(25)9-15(14)26)11-3-6-18(31)30(10-11)20-16(27)7-12(24)8-17(20)28/h3-10,32H,1-2H3. The smallest absolute Gasteiger partial charge is 0.255 e. The maximum absolute atomic E-state index is 14.5. The van der Waals surface area contributed by atoms with E-state index in [-0.39, 0.29) is 32.9 Å². The van der Waals surface area contributed by atoms with Crippen LogP contribution in [0.4, 0.5) is 17.6 Å². The normalized spacial score (nSPS) is 11.8. The van der Waals surface area contributed by atoms with Gasteiger partial charge in [0, 0.05) is 28.4 Å². The van der Waals surface area contributed by atoms with E-state index in [1.807, 2.05) is 0 Å². The molecular formula is C23H15BrF4N2O3. The van der Waals surface area contributed by atoms with Crippen molar-refractivity contribution in [3.05, 3.63) is 92.6 Å². The molecule has 0 aliphatic rings. The molecule has 0 amide bonds. The molecule has 0 saturated carbocycles. The fraction of sp³-hybridized carbons (Fsp3) is 0.130. The first-order valence-electron chi connectivity index (χ1n) is 9.53. The lowest BCUT2D eigenvalue weighted by molar-refractivity contribution is 0.0490. The molecule has 0 aliphatic heterocycles. The third-order valence-corrected chi connectivity index (χ3v) is 5.19. The Kier molecular flexibility index (Phi) is 5.75. The van der Waals surface area contributed by atoms with Gasteiger partial charge in [0.1, 0.15) is 28.6 Å².